The Bertz CT molecular complexity index is 1230. The van der Waals surface area contributed by atoms with Gasteiger partial charge >= 0.3 is 5.97 Å². The van der Waals surface area contributed by atoms with E-state index in [0.29, 0.717) is 12.0 Å². The van der Waals surface area contributed by atoms with Gasteiger partial charge in [-0.1, -0.05) is 12.1 Å². The predicted octanol–water partition coefficient (Wildman–Crippen LogP) is 4.95. The first-order valence-electron chi connectivity index (χ1n) is 9.16. The van der Waals surface area contributed by atoms with Gasteiger partial charge in [0.25, 0.3) is 5.91 Å². The summed E-state index contributed by atoms with van der Waals surface area (Å²) in [5.74, 6) is -0.875. The number of carbonyl (C=O) groups is 2. The first kappa shape index (κ1) is 19.1. The lowest BCUT2D eigenvalue weighted by atomic mass is 10.1. The summed E-state index contributed by atoms with van der Waals surface area (Å²) < 4.78 is 6.21. The summed E-state index contributed by atoms with van der Waals surface area (Å²) in [6, 6.07) is 12.9. The molecule has 0 N–H and O–H groups in total. The second-order valence-corrected chi connectivity index (χ2v) is 9.42. The Morgan fingerprint density at radius 1 is 1.10 bits per heavy atom. The number of benzene rings is 1. The zero-order valence-corrected chi connectivity index (χ0v) is 18.0. The van der Waals surface area contributed by atoms with Crippen LogP contribution in [0.2, 0.25) is 0 Å². The van der Waals surface area contributed by atoms with E-state index in [1.54, 1.807) is 46.4 Å². The van der Waals surface area contributed by atoms with Gasteiger partial charge in [-0.05, 0) is 41.1 Å². The third kappa shape index (κ3) is 3.67. The molecule has 1 aromatic carbocycles. The molecule has 4 aromatic rings. The third-order valence-corrected chi connectivity index (χ3v) is 7.42. The van der Waals surface area contributed by atoms with Crippen molar-refractivity contribution in [1.29, 1.82) is 0 Å². The van der Waals surface area contributed by atoms with Crippen LogP contribution in [0.1, 0.15) is 32.6 Å². The number of carbonyl (C=O) groups excluding carboxylic acids is 2. The lowest BCUT2D eigenvalue weighted by molar-refractivity contribution is -0.136. The molecular weight excluding hydrogens is 438 g/mol. The summed E-state index contributed by atoms with van der Waals surface area (Å²) in [6.45, 7) is -0.358. The molecule has 1 aliphatic heterocycles. The molecule has 1 atom stereocenters. The van der Waals surface area contributed by atoms with Crippen LogP contribution in [-0.2, 0) is 9.53 Å². The number of hydrogen-bond donors (Lipinski definition) is 0. The molecule has 0 bridgehead atoms. The van der Waals surface area contributed by atoms with Gasteiger partial charge < -0.3 is 4.74 Å². The average molecular weight is 454 g/mol. The molecule has 3 aromatic heterocycles. The van der Waals surface area contributed by atoms with Crippen LogP contribution in [-0.4, -0.2) is 34.2 Å². The van der Waals surface area contributed by atoms with Crippen molar-refractivity contribution in [3.8, 4) is 0 Å². The fraction of sp³-hybridized carbons (Fsp3) is 0.143. The van der Waals surface area contributed by atoms with Crippen molar-refractivity contribution < 1.29 is 14.3 Å². The highest BCUT2D eigenvalue weighted by Gasteiger charge is 2.34. The molecule has 0 fully saturated rings. The maximum Gasteiger partial charge on any atom is 0.338 e. The van der Waals surface area contributed by atoms with Crippen molar-refractivity contribution in [1.82, 2.24) is 9.99 Å². The third-order valence-electron chi connectivity index (χ3n) is 4.74. The van der Waals surface area contributed by atoms with Crippen LogP contribution in [0, 0.1) is 0 Å². The van der Waals surface area contributed by atoms with E-state index in [1.165, 1.54) is 16.3 Å². The molecule has 0 aliphatic carbocycles. The van der Waals surface area contributed by atoms with Crippen LogP contribution in [0.5, 0.6) is 0 Å². The second-order valence-electron chi connectivity index (χ2n) is 6.61. The van der Waals surface area contributed by atoms with Crippen molar-refractivity contribution in [3.63, 3.8) is 0 Å². The monoisotopic (exact) mass is 453 g/mol. The number of amides is 1. The Labute approximate surface area is 184 Å². The van der Waals surface area contributed by atoms with Crippen molar-refractivity contribution in [2.75, 3.05) is 6.61 Å². The van der Waals surface area contributed by atoms with Crippen molar-refractivity contribution in [2.24, 2.45) is 5.10 Å². The van der Waals surface area contributed by atoms with Gasteiger partial charge in [-0.25, -0.2) is 14.8 Å². The fourth-order valence-electron chi connectivity index (χ4n) is 3.29. The lowest BCUT2D eigenvalue weighted by Crippen LogP contribution is -2.31. The fourth-order valence-corrected chi connectivity index (χ4v) is 5.54. The van der Waals surface area contributed by atoms with Crippen molar-refractivity contribution >= 4 is 61.8 Å². The van der Waals surface area contributed by atoms with Crippen LogP contribution < -0.4 is 0 Å². The zero-order chi connectivity index (χ0) is 20.5. The molecule has 0 saturated heterocycles. The molecule has 5 rings (SSSR count). The molecule has 30 heavy (non-hydrogen) atoms. The zero-order valence-electron chi connectivity index (χ0n) is 15.6. The van der Waals surface area contributed by atoms with Crippen molar-refractivity contribution in [3.05, 3.63) is 74.1 Å². The topological polar surface area (TPSA) is 71.9 Å². The van der Waals surface area contributed by atoms with Crippen LogP contribution in [0.4, 0.5) is 0 Å². The summed E-state index contributed by atoms with van der Waals surface area (Å²) in [6.07, 6.45) is 0.642. The van der Waals surface area contributed by atoms with Gasteiger partial charge in [0, 0.05) is 11.3 Å². The number of aromatic nitrogens is 1. The van der Waals surface area contributed by atoms with Gasteiger partial charge in [0.05, 0.1) is 37.9 Å². The predicted molar refractivity (Wildman–Crippen MR) is 119 cm³/mol. The molecule has 0 unspecified atom stereocenters. The average Bonchev–Trinajstić information content (AvgIpc) is 3.56. The highest BCUT2D eigenvalue weighted by Crippen LogP contribution is 2.36. The number of hydrogen-bond acceptors (Lipinski definition) is 8. The maximum atomic E-state index is 12.9. The highest BCUT2D eigenvalue weighted by molar-refractivity contribution is 7.16. The van der Waals surface area contributed by atoms with E-state index in [1.807, 2.05) is 35.0 Å². The Balaban J connectivity index is 1.32. The first-order valence-corrected chi connectivity index (χ1v) is 11.8. The number of esters is 1. The van der Waals surface area contributed by atoms with Gasteiger partial charge in [0.1, 0.15) is 0 Å². The Kier molecular flexibility index (Phi) is 5.16. The van der Waals surface area contributed by atoms with Crippen LogP contribution in [0.3, 0.4) is 0 Å². The Hall–Kier alpha value is -2.88. The smallest absolute Gasteiger partial charge is 0.338 e. The largest absolute Gasteiger partial charge is 0.452 e. The van der Waals surface area contributed by atoms with Crippen molar-refractivity contribution in [2.45, 2.75) is 12.5 Å². The number of nitrogens with zero attached hydrogens (tertiary/aromatic N) is 3. The number of ether oxygens (including phenoxy) is 1. The molecule has 1 aliphatic rings. The van der Waals surface area contributed by atoms with E-state index >= 15 is 0 Å². The lowest BCUT2D eigenvalue weighted by Gasteiger charge is -2.20. The number of rotatable bonds is 5. The molecular formula is C21H15N3O3S3. The standard InChI is InChI=1S/C21H15N3O3S3/c25-20(11-27-21(26)13-5-6-14-19(9-13)30-12-22-14)24-16(18-4-2-8-29-18)10-15(23-24)17-3-1-7-28-17/h1-9,12,16H,10-11H2/t16-/m1/s1. The van der Waals surface area contributed by atoms with Gasteiger partial charge in [0.2, 0.25) is 0 Å². The molecule has 150 valence electrons. The van der Waals surface area contributed by atoms with Gasteiger partial charge in [-0.15, -0.1) is 34.0 Å². The van der Waals surface area contributed by atoms with E-state index in [0.717, 1.165) is 25.7 Å². The van der Waals surface area contributed by atoms with Crippen LogP contribution in [0.15, 0.2) is 63.8 Å². The van der Waals surface area contributed by atoms with E-state index in [2.05, 4.69) is 10.1 Å². The van der Waals surface area contributed by atoms with Gasteiger partial charge in [0.15, 0.2) is 6.61 Å². The van der Waals surface area contributed by atoms with E-state index in [9.17, 15) is 9.59 Å². The Morgan fingerprint density at radius 2 is 1.97 bits per heavy atom. The maximum absolute atomic E-state index is 12.9. The molecule has 9 heteroatoms. The molecule has 1 amide bonds. The first-order chi connectivity index (χ1) is 14.7. The summed E-state index contributed by atoms with van der Waals surface area (Å²) in [5.41, 5.74) is 3.83. The summed E-state index contributed by atoms with van der Waals surface area (Å²) in [7, 11) is 0. The number of thiophene rings is 2. The number of fused-ring (bicyclic) bond motifs is 1. The molecule has 4 heterocycles. The molecule has 0 saturated carbocycles. The molecule has 0 spiro atoms. The molecule has 0 radical (unpaired) electrons. The van der Waals surface area contributed by atoms with E-state index in [4.69, 9.17) is 4.74 Å². The van der Waals surface area contributed by atoms with E-state index < -0.39 is 5.97 Å². The SMILES string of the molecule is O=C(OCC(=O)N1N=C(c2cccs2)C[C@@H]1c1cccs1)c1ccc2ncsc2c1. The van der Waals surface area contributed by atoms with Gasteiger partial charge in [-0.3, -0.25) is 4.79 Å². The van der Waals surface area contributed by atoms with Crippen LogP contribution in [0.25, 0.3) is 10.2 Å². The minimum atomic E-state index is -0.534. The summed E-state index contributed by atoms with van der Waals surface area (Å²) in [5, 5.41) is 10.0. The normalized spacial score (nSPS) is 16.1. The van der Waals surface area contributed by atoms with Crippen LogP contribution >= 0.6 is 34.0 Å². The second kappa shape index (κ2) is 8.10. The number of hydrazone groups is 1. The minimum Gasteiger partial charge on any atom is -0.452 e. The summed E-state index contributed by atoms with van der Waals surface area (Å²) >= 11 is 4.63. The van der Waals surface area contributed by atoms with E-state index in [-0.39, 0.29) is 18.6 Å². The quantitative estimate of drug-likeness (QED) is 0.401. The minimum absolute atomic E-state index is 0.179. The van der Waals surface area contributed by atoms with Gasteiger partial charge in [-0.2, -0.15) is 5.10 Å². The highest BCUT2D eigenvalue weighted by atomic mass is 32.1. The Morgan fingerprint density at radius 3 is 2.77 bits per heavy atom. The molecule has 6 nitrogen and oxygen atoms in total. The summed E-state index contributed by atoms with van der Waals surface area (Å²) in [4.78, 5) is 31.7. The number of thiazole rings is 1.